The summed E-state index contributed by atoms with van der Waals surface area (Å²) in [7, 11) is 0. The second kappa shape index (κ2) is 7.05. The summed E-state index contributed by atoms with van der Waals surface area (Å²) in [5.74, 6) is -1.15. The molecule has 0 aromatic carbocycles. The zero-order valence-corrected chi connectivity index (χ0v) is 15.3. The normalized spacial score (nSPS) is 21.8. The van der Waals surface area contributed by atoms with E-state index in [2.05, 4.69) is 4.98 Å². The van der Waals surface area contributed by atoms with E-state index in [1.807, 2.05) is 17.9 Å². The molecule has 0 saturated carbocycles. The average molecular weight is 359 g/mol. The number of piperidine rings is 1. The predicted molar refractivity (Wildman–Crippen MR) is 94.6 cm³/mol. The monoisotopic (exact) mass is 359 g/mol. The van der Waals surface area contributed by atoms with E-state index in [0.717, 1.165) is 25.0 Å². The molecule has 0 aliphatic carbocycles. The maximum Gasteiger partial charge on any atom is 0.326 e. The Balaban J connectivity index is 1.68. The number of aryl methyl sites for hydroxylation is 1. The van der Waals surface area contributed by atoms with E-state index in [0.29, 0.717) is 31.6 Å². The molecular weight excluding hydrogens is 334 g/mol. The topological polar surface area (TPSA) is 90.8 Å². The standard InChI is InChI=1S/C19H25N3O4/c1-3-15-10-14(4-7-20-15)17(24)21-8-5-19(6-9-21)11-16(18(25)26)22(12-19)13(2)23/h4,7,10,16H,3,5-6,8-9,11-12H2,1-2H3,(H,25,26)/t16-/m1/s1. The maximum atomic E-state index is 12.8. The fourth-order valence-corrected chi connectivity index (χ4v) is 4.14. The van der Waals surface area contributed by atoms with Crippen LogP contribution in [0.2, 0.25) is 0 Å². The van der Waals surface area contributed by atoms with Gasteiger partial charge in [0.25, 0.3) is 5.91 Å². The molecule has 7 heteroatoms. The van der Waals surface area contributed by atoms with Crippen LogP contribution in [0.15, 0.2) is 18.3 Å². The van der Waals surface area contributed by atoms with Gasteiger partial charge in [0.1, 0.15) is 6.04 Å². The summed E-state index contributed by atoms with van der Waals surface area (Å²) >= 11 is 0. The van der Waals surface area contributed by atoms with Crippen LogP contribution < -0.4 is 0 Å². The van der Waals surface area contributed by atoms with Crippen molar-refractivity contribution in [2.45, 2.75) is 45.6 Å². The molecule has 0 bridgehead atoms. The van der Waals surface area contributed by atoms with Crippen LogP contribution in [0.1, 0.15) is 49.2 Å². The molecule has 26 heavy (non-hydrogen) atoms. The third-order valence-electron chi connectivity index (χ3n) is 5.73. The van der Waals surface area contributed by atoms with Gasteiger partial charge in [0.15, 0.2) is 0 Å². The van der Waals surface area contributed by atoms with E-state index in [4.69, 9.17) is 0 Å². The Morgan fingerprint density at radius 3 is 2.54 bits per heavy atom. The predicted octanol–water partition coefficient (Wildman–Crippen LogP) is 1.57. The largest absolute Gasteiger partial charge is 0.480 e. The highest BCUT2D eigenvalue weighted by atomic mass is 16.4. The molecule has 2 aliphatic rings. The van der Waals surface area contributed by atoms with Crippen molar-refractivity contribution in [2.75, 3.05) is 19.6 Å². The number of carbonyl (C=O) groups is 3. The number of aromatic nitrogens is 1. The Hall–Kier alpha value is -2.44. The van der Waals surface area contributed by atoms with Crippen LogP contribution in [0.5, 0.6) is 0 Å². The Morgan fingerprint density at radius 1 is 1.31 bits per heavy atom. The number of pyridine rings is 1. The van der Waals surface area contributed by atoms with Gasteiger partial charge in [-0.3, -0.25) is 14.6 Å². The first-order valence-corrected chi connectivity index (χ1v) is 9.09. The van der Waals surface area contributed by atoms with Crippen molar-refractivity contribution in [1.82, 2.24) is 14.8 Å². The first kappa shape index (κ1) is 18.4. The molecule has 1 atom stereocenters. The zero-order valence-electron chi connectivity index (χ0n) is 15.3. The Kier molecular flexibility index (Phi) is 4.98. The van der Waals surface area contributed by atoms with Crippen molar-refractivity contribution in [3.8, 4) is 0 Å². The highest BCUT2D eigenvalue weighted by molar-refractivity contribution is 5.94. The van der Waals surface area contributed by atoms with E-state index >= 15 is 0 Å². The molecule has 3 heterocycles. The minimum absolute atomic E-state index is 0.00634. The van der Waals surface area contributed by atoms with Gasteiger partial charge in [-0.2, -0.15) is 0 Å². The lowest BCUT2D eigenvalue weighted by atomic mass is 9.76. The summed E-state index contributed by atoms with van der Waals surface area (Å²) in [4.78, 5) is 43.6. The molecule has 2 saturated heterocycles. The number of aliphatic carboxylic acids is 1. The Morgan fingerprint density at radius 2 is 2.00 bits per heavy atom. The molecule has 2 amide bonds. The number of carboxylic acid groups (broad SMARTS) is 1. The van der Waals surface area contributed by atoms with Crippen molar-refractivity contribution >= 4 is 17.8 Å². The quantitative estimate of drug-likeness (QED) is 0.885. The van der Waals surface area contributed by atoms with Crippen LogP contribution in [0.4, 0.5) is 0 Å². The SMILES string of the molecule is CCc1cc(C(=O)N2CCC3(CC2)C[C@H](C(=O)O)N(C(C)=O)C3)ccn1. The van der Waals surface area contributed by atoms with Crippen LogP contribution in [0.25, 0.3) is 0 Å². The van der Waals surface area contributed by atoms with E-state index in [-0.39, 0.29) is 17.2 Å². The van der Waals surface area contributed by atoms with Gasteiger partial charge in [-0.1, -0.05) is 6.92 Å². The number of amides is 2. The maximum absolute atomic E-state index is 12.8. The van der Waals surface area contributed by atoms with Crippen LogP contribution in [-0.2, 0) is 16.0 Å². The third kappa shape index (κ3) is 3.43. The highest BCUT2D eigenvalue weighted by Gasteiger charge is 2.49. The summed E-state index contributed by atoms with van der Waals surface area (Å²) in [6.45, 7) is 5.06. The molecule has 1 aromatic heterocycles. The van der Waals surface area contributed by atoms with Crippen LogP contribution in [0, 0.1) is 5.41 Å². The van der Waals surface area contributed by atoms with Gasteiger partial charge in [-0.05, 0) is 43.2 Å². The second-order valence-corrected chi connectivity index (χ2v) is 7.39. The molecule has 1 N–H and O–H groups in total. The van der Waals surface area contributed by atoms with Crippen LogP contribution >= 0.6 is 0 Å². The van der Waals surface area contributed by atoms with Crippen molar-refractivity contribution in [3.63, 3.8) is 0 Å². The lowest BCUT2D eigenvalue weighted by molar-refractivity contribution is -0.147. The minimum atomic E-state index is -0.945. The molecule has 0 radical (unpaired) electrons. The first-order valence-electron chi connectivity index (χ1n) is 9.09. The van der Waals surface area contributed by atoms with Gasteiger partial charge >= 0.3 is 5.97 Å². The van der Waals surface area contributed by atoms with Crippen molar-refractivity contribution in [1.29, 1.82) is 0 Å². The summed E-state index contributed by atoms with van der Waals surface area (Å²) in [5, 5.41) is 9.42. The summed E-state index contributed by atoms with van der Waals surface area (Å²) in [5.41, 5.74) is 1.34. The van der Waals surface area contributed by atoms with Gasteiger partial charge in [-0.25, -0.2) is 4.79 Å². The van der Waals surface area contributed by atoms with Gasteiger partial charge in [0.05, 0.1) is 0 Å². The van der Waals surface area contributed by atoms with E-state index in [1.165, 1.54) is 11.8 Å². The van der Waals surface area contributed by atoms with Crippen molar-refractivity contribution in [3.05, 3.63) is 29.6 Å². The lowest BCUT2D eigenvalue weighted by Crippen LogP contribution is -2.44. The molecule has 1 aromatic rings. The van der Waals surface area contributed by atoms with E-state index in [9.17, 15) is 19.5 Å². The molecule has 0 unspecified atom stereocenters. The van der Waals surface area contributed by atoms with Gasteiger partial charge in [-0.15, -0.1) is 0 Å². The summed E-state index contributed by atoms with van der Waals surface area (Å²) in [6, 6.07) is 2.82. The first-order chi connectivity index (χ1) is 12.3. The highest BCUT2D eigenvalue weighted by Crippen LogP contribution is 2.43. The second-order valence-electron chi connectivity index (χ2n) is 7.39. The van der Waals surface area contributed by atoms with Crippen molar-refractivity contribution in [2.24, 2.45) is 5.41 Å². The Labute approximate surface area is 153 Å². The smallest absolute Gasteiger partial charge is 0.326 e. The third-order valence-corrected chi connectivity index (χ3v) is 5.73. The fraction of sp³-hybridized carbons (Fsp3) is 0.579. The van der Waals surface area contributed by atoms with Gasteiger partial charge in [0.2, 0.25) is 5.91 Å². The summed E-state index contributed by atoms with van der Waals surface area (Å²) < 4.78 is 0. The zero-order chi connectivity index (χ0) is 18.9. The Bertz CT molecular complexity index is 701. The molecule has 140 valence electrons. The lowest BCUT2D eigenvalue weighted by Gasteiger charge is -2.39. The average Bonchev–Trinajstić information content (AvgIpc) is 3.02. The number of carboxylic acids is 1. The number of rotatable bonds is 3. The van der Waals surface area contributed by atoms with Gasteiger partial charge < -0.3 is 14.9 Å². The molecule has 1 spiro atoms. The molecule has 3 rings (SSSR count). The molecule has 2 fully saturated rings. The number of hydrogen-bond donors (Lipinski definition) is 1. The number of carbonyl (C=O) groups excluding carboxylic acids is 2. The fourth-order valence-electron chi connectivity index (χ4n) is 4.14. The summed E-state index contributed by atoms with van der Waals surface area (Å²) in [6.07, 6.45) is 4.35. The molecular formula is C19H25N3O4. The number of nitrogens with zero attached hydrogens (tertiary/aromatic N) is 3. The van der Waals surface area contributed by atoms with Crippen LogP contribution in [0.3, 0.4) is 0 Å². The molecule has 2 aliphatic heterocycles. The number of likely N-dealkylation sites (tertiary alicyclic amines) is 2. The van der Waals surface area contributed by atoms with Crippen LogP contribution in [-0.4, -0.2) is 63.4 Å². The number of hydrogen-bond acceptors (Lipinski definition) is 4. The van der Waals surface area contributed by atoms with Gasteiger partial charge in [0, 0.05) is 44.0 Å². The molecule has 7 nitrogen and oxygen atoms in total. The van der Waals surface area contributed by atoms with E-state index in [1.54, 1.807) is 12.3 Å². The van der Waals surface area contributed by atoms with Crippen molar-refractivity contribution < 1.29 is 19.5 Å². The van der Waals surface area contributed by atoms with E-state index < -0.39 is 12.0 Å². The minimum Gasteiger partial charge on any atom is -0.480 e.